The van der Waals surface area contributed by atoms with Gasteiger partial charge in [0.2, 0.25) is 0 Å². The van der Waals surface area contributed by atoms with Crippen LogP contribution in [0.3, 0.4) is 0 Å². The summed E-state index contributed by atoms with van der Waals surface area (Å²) in [7, 11) is 3.00. The number of hydrogen-bond donors (Lipinski definition) is 0. The molecule has 1 fully saturated rings. The lowest BCUT2D eigenvalue weighted by atomic mass is 10.1. The Labute approximate surface area is 154 Å². The number of ether oxygens (including phenoxy) is 2. The lowest BCUT2D eigenvalue weighted by Crippen LogP contribution is -2.49. The third-order valence-electron chi connectivity index (χ3n) is 4.52. The fraction of sp³-hybridized carbons (Fsp3) is 0.316. The maximum atomic E-state index is 14.0. The molecule has 2 aromatic rings. The molecule has 0 saturated carbocycles. The summed E-state index contributed by atoms with van der Waals surface area (Å²) in [6, 6.07) is 7.00. The number of piperazine rings is 1. The molecule has 0 N–H and O–H groups in total. The number of rotatable bonds is 4. The number of benzene rings is 2. The highest BCUT2D eigenvalue weighted by Crippen LogP contribution is 2.26. The second-order valence-electron chi connectivity index (χ2n) is 6.08. The van der Waals surface area contributed by atoms with E-state index < -0.39 is 17.5 Å². The Kier molecular flexibility index (Phi) is 5.43. The van der Waals surface area contributed by atoms with E-state index in [0.717, 1.165) is 6.07 Å². The molecule has 5 nitrogen and oxygen atoms in total. The zero-order valence-corrected chi connectivity index (χ0v) is 15.0. The number of anilines is 1. The summed E-state index contributed by atoms with van der Waals surface area (Å²) in [6.45, 7) is 1.23. The fourth-order valence-corrected chi connectivity index (χ4v) is 3.02. The van der Waals surface area contributed by atoms with Gasteiger partial charge in [0, 0.05) is 37.8 Å². The molecule has 27 heavy (non-hydrogen) atoms. The van der Waals surface area contributed by atoms with Gasteiger partial charge < -0.3 is 19.3 Å². The van der Waals surface area contributed by atoms with Crippen molar-refractivity contribution in [2.45, 2.75) is 0 Å². The number of methoxy groups -OCH3 is 2. The van der Waals surface area contributed by atoms with Crippen molar-refractivity contribution in [3.63, 3.8) is 0 Å². The average Bonchev–Trinajstić information content (AvgIpc) is 2.71. The van der Waals surface area contributed by atoms with Crippen LogP contribution in [0.4, 0.5) is 18.9 Å². The predicted octanol–water partition coefficient (Wildman–Crippen LogP) is 3.08. The number of nitrogens with zero attached hydrogens (tertiary/aromatic N) is 2. The minimum atomic E-state index is -1.49. The van der Waals surface area contributed by atoms with Gasteiger partial charge in [-0.2, -0.15) is 0 Å². The molecule has 0 aliphatic carbocycles. The lowest BCUT2D eigenvalue weighted by molar-refractivity contribution is 0.0746. The van der Waals surface area contributed by atoms with E-state index in [-0.39, 0.29) is 11.6 Å². The van der Waals surface area contributed by atoms with E-state index in [4.69, 9.17) is 9.47 Å². The molecule has 0 bridgehead atoms. The quantitative estimate of drug-likeness (QED) is 0.765. The van der Waals surface area contributed by atoms with Gasteiger partial charge in [-0.15, -0.1) is 0 Å². The van der Waals surface area contributed by atoms with Crippen LogP contribution in [-0.4, -0.2) is 51.2 Å². The van der Waals surface area contributed by atoms with E-state index in [9.17, 15) is 18.0 Å². The standard InChI is InChI=1S/C19H19F3N2O3/c1-26-13-9-12(10-14(11-13)27-2)19(25)24-7-5-23(6-8-24)16-4-3-15(20)17(21)18(16)22/h3-4,9-11H,5-8H2,1-2H3. The molecule has 1 heterocycles. The molecule has 0 atom stereocenters. The van der Waals surface area contributed by atoms with Gasteiger partial charge in [0.15, 0.2) is 17.5 Å². The monoisotopic (exact) mass is 380 g/mol. The first-order valence-corrected chi connectivity index (χ1v) is 8.35. The summed E-state index contributed by atoms with van der Waals surface area (Å²) in [5, 5.41) is 0. The predicted molar refractivity (Wildman–Crippen MR) is 94.0 cm³/mol. The Morgan fingerprint density at radius 3 is 2.04 bits per heavy atom. The van der Waals surface area contributed by atoms with Crippen molar-refractivity contribution in [1.29, 1.82) is 0 Å². The molecule has 0 unspecified atom stereocenters. The molecular weight excluding hydrogens is 361 g/mol. The fourth-order valence-electron chi connectivity index (χ4n) is 3.02. The Hall–Kier alpha value is -2.90. The van der Waals surface area contributed by atoms with E-state index >= 15 is 0 Å². The van der Waals surface area contributed by atoms with Crippen molar-refractivity contribution in [1.82, 2.24) is 4.90 Å². The van der Waals surface area contributed by atoms with Crippen LogP contribution < -0.4 is 14.4 Å². The van der Waals surface area contributed by atoms with Crippen LogP contribution in [-0.2, 0) is 0 Å². The van der Waals surface area contributed by atoms with Crippen molar-refractivity contribution in [2.75, 3.05) is 45.3 Å². The highest BCUT2D eigenvalue weighted by Gasteiger charge is 2.26. The summed E-state index contributed by atoms with van der Waals surface area (Å²) < 4.78 is 50.9. The molecule has 8 heteroatoms. The van der Waals surface area contributed by atoms with Gasteiger partial charge in [0.05, 0.1) is 19.9 Å². The molecule has 2 aromatic carbocycles. The Morgan fingerprint density at radius 1 is 0.889 bits per heavy atom. The Bertz CT molecular complexity index is 830. The van der Waals surface area contributed by atoms with E-state index in [1.807, 2.05) is 0 Å². The normalized spacial score (nSPS) is 14.3. The molecule has 1 aliphatic heterocycles. The number of halogens is 3. The molecule has 0 spiro atoms. The van der Waals surface area contributed by atoms with Gasteiger partial charge in [-0.05, 0) is 24.3 Å². The van der Waals surface area contributed by atoms with E-state index in [0.29, 0.717) is 43.2 Å². The van der Waals surface area contributed by atoms with Crippen LogP contribution in [0.15, 0.2) is 30.3 Å². The van der Waals surface area contributed by atoms with Crippen LogP contribution in [0.1, 0.15) is 10.4 Å². The summed E-state index contributed by atoms with van der Waals surface area (Å²) in [6.07, 6.45) is 0. The second-order valence-corrected chi connectivity index (χ2v) is 6.08. The topological polar surface area (TPSA) is 42.0 Å². The smallest absolute Gasteiger partial charge is 0.254 e. The third-order valence-corrected chi connectivity index (χ3v) is 4.52. The van der Waals surface area contributed by atoms with Crippen molar-refractivity contribution in [3.05, 3.63) is 53.3 Å². The first-order valence-electron chi connectivity index (χ1n) is 8.35. The van der Waals surface area contributed by atoms with Crippen molar-refractivity contribution >= 4 is 11.6 Å². The van der Waals surface area contributed by atoms with E-state index in [1.165, 1.54) is 20.3 Å². The van der Waals surface area contributed by atoms with Gasteiger partial charge in [-0.3, -0.25) is 4.79 Å². The van der Waals surface area contributed by atoms with Crippen molar-refractivity contribution in [3.8, 4) is 11.5 Å². The number of hydrogen-bond acceptors (Lipinski definition) is 4. The van der Waals surface area contributed by atoms with Crippen LogP contribution in [0.2, 0.25) is 0 Å². The first-order chi connectivity index (χ1) is 12.9. The Morgan fingerprint density at radius 2 is 1.48 bits per heavy atom. The highest BCUT2D eigenvalue weighted by molar-refractivity contribution is 5.95. The second kappa shape index (κ2) is 7.77. The van der Waals surface area contributed by atoms with E-state index in [1.54, 1.807) is 28.0 Å². The van der Waals surface area contributed by atoms with E-state index in [2.05, 4.69) is 0 Å². The maximum absolute atomic E-state index is 14.0. The number of carbonyl (C=O) groups excluding carboxylic acids is 1. The molecule has 144 valence electrons. The zero-order chi connectivity index (χ0) is 19.6. The minimum Gasteiger partial charge on any atom is -0.497 e. The molecule has 0 radical (unpaired) electrons. The molecule has 1 saturated heterocycles. The number of amides is 1. The molecule has 3 rings (SSSR count). The average molecular weight is 380 g/mol. The Balaban J connectivity index is 1.72. The van der Waals surface area contributed by atoms with Gasteiger partial charge in [0.25, 0.3) is 5.91 Å². The van der Waals surface area contributed by atoms with Crippen molar-refractivity contribution in [2.24, 2.45) is 0 Å². The lowest BCUT2D eigenvalue weighted by Gasteiger charge is -2.36. The van der Waals surface area contributed by atoms with Crippen LogP contribution in [0.5, 0.6) is 11.5 Å². The highest BCUT2D eigenvalue weighted by atomic mass is 19.2. The maximum Gasteiger partial charge on any atom is 0.254 e. The van der Waals surface area contributed by atoms with Gasteiger partial charge >= 0.3 is 0 Å². The zero-order valence-electron chi connectivity index (χ0n) is 15.0. The first kappa shape index (κ1) is 18.9. The minimum absolute atomic E-state index is 0.0101. The molecule has 1 amide bonds. The summed E-state index contributed by atoms with van der Waals surface area (Å²) in [5.41, 5.74) is 0.405. The summed E-state index contributed by atoms with van der Waals surface area (Å²) in [5.74, 6) is -3.14. The third kappa shape index (κ3) is 3.79. The molecular formula is C19H19F3N2O3. The van der Waals surface area contributed by atoms with Crippen molar-refractivity contribution < 1.29 is 27.4 Å². The molecule has 0 aromatic heterocycles. The number of carbonyl (C=O) groups is 1. The summed E-state index contributed by atoms with van der Waals surface area (Å²) in [4.78, 5) is 16.0. The van der Waals surface area contributed by atoms with Gasteiger partial charge in [0.1, 0.15) is 11.5 Å². The van der Waals surface area contributed by atoms with Crippen LogP contribution in [0.25, 0.3) is 0 Å². The van der Waals surface area contributed by atoms with Crippen LogP contribution >= 0.6 is 0 Å². The molecule has 1 aliphatic rings. The van der Waals surface area contributed by atoms with Gasteiger partial charge in [-0.1, -0.05) is 0 Å². The largest absolute Gasteiger partial charge is 0.497 e. The summed E-state index contributed by atoms with van der Waals surface area (Å²) >= 11 is 0. The SMILES string of the molecule is COc1cc(OC)cc(C(=O)N2CCN(c3ccc(F)c(F)c3F)CC2)c1. The van der Waals surface area contributed by atoms with Crippen LogP contribution in [0, 0.1) is 17.5 Å². The van der Waals surface area contributed by atoms with Gasteiger partial charge in [-0.25, -0.2) is 13.2 Å².